The van der Waals surface area contributed by atoms with Crippen molar-refractivity contribution in [3.8, 4) is 0 Å². The highest BCUT2D eigenvalue weighted by molar-refractivity contribution is 5.87. The van der Waals surface area contributed by atoms with E-state index in [1.54, 1.807) is 7.05 Å². The van der Waals surface area contributed by atoms with E-state index < -0.39 is 0 Å². The van der Waals surface area contributed by atoms with Gasteiger partial charge < -0.3 is 5.32 Å². The van der Waals surface area contributed by atoms with Crippen LogP contribution in [0.1, 0.15) is 26.7 Å². The Balaban J connectivity index is 2.33. The number of carbonyl (C=O) groups is 2. The zero-order valence-electron chi connectivity index (χ0n) is 8.46. The van der Waals surface area contributed by atoms with Gasteiger partial charge in [-0.05, 0) is 12.8 Å². The van der Waals surface area contributed by atoms with E-state index in [9.17, 15) is 9.59 Å². The first-order valence-electron chi connectivity index (χ1n) is 4.81. The molecule has 1 aliphatic carbocycles. The number of hydrogen-bond donors (Lipinski definition) is 1. The molecule has 0 heterocycles. The van der Waals surface area contributed by atoms with Gasteiger partial charge in [0.2, 0.25) is 5.91 Å². The summed E-state index contributed by atoms with van der Waals surface area (Å²) < 4.78 is 0. The van der Waals surface area contributed by atoms with Crippen molar-refractivity contribution >= 4 is 11.7 Å². The lowest BCUT2D eigenvalue weighted by Gasteiger charge is -2.33. The lowest BCUT2D eigenvalue weighted by molar-refractivity contribution is -0.135. The van der Waals surface area contributed by atoms with Gasteiger partial charge in [0.15, 0.2) is 0 Å². The highest BCUT2D eigenvalue weighted by Gasteiger charge is 2.38. The molecule has 0 atom stereocenters. The summed E-state index contributed by atoms with van der Waals surface area (Å²) >= 11 is 0. The monoisotopic (exact) mass is 183 g/mol. The first-order chi connectivity index (χ1) is 6.06. The Morgan fingerprint density at radius 1 is 1.23 bits per heavy atom. The van der Waals surface area contributed by atoms with Crippen molar-refractivity contribution in [3.05, 3.63) is 0 Å². The standard InChI is InChI=1S/C10H17NO2/c1-6(2)9(12)7-4-8(5-7)10(13)11-3/h6-8H,4-5H2,1-3H3,(H,11,13). The van der Waals surface area contributed by atoms with Crippen LogP contribution in [-0.2, 0) is 9.59 Å². The van der Waals surface area contributed by atoms with E-state index in [1.165, 1.54) is 0 Å². The van der Waals surface area contributed by atoms with Crippen molar-refractivity contribution in [2.75, 3.05) is 7.05 Å². The molecule has 0 unspecified atom stereocenters. The third kappa shape index (κ3) is 2.08. The molecule has 3 nitrogen and oxygen atoms in total. The van der Waals surface area contributed by atoms with Crippen molar-refractivity contribution in [2.24, 2.45) is 17.8 Å². The van der Waals surface area contributed by atoms with Crippen molar-refractivity contribution in [1.82, 2.24) is 5.32 Å². The molecule has 0 bridgehead atoms. The summed E-state index contributed by atoms with van der Waals surface area (Å²) in [7, 11) is 1.64. The van der Waals surface area contributed by atoms with Crippen molar-refractivity contribution in [1.29, 1.82) is 0 Å². The van der Waals surface area contributed by atoms with Gasteiger partial charge in [0.1, 0.15) is 5.78 Å². The minimum Gasteiger partial charge on any atom is -0.359 e. The van der Waals surface area contributed by atoms with Gasteiger partial charge in [-0.3, -0.25) is 9.59 Å². The SMILES string of the molecule is CNC(=O)C1CC(C(=O)C(C)C)C1. The largest absolute Gasteiger partial charge is 0.359 e. The summed E-state index contributed by atoms with van der Waals surface area (Å²) in [6.07, 6.45) is 1.49. The minimum atomic E-state index is 0.0767. The predicted molar refractivity (Wildman–Crippen MR) is 50.1 cm³/mol. The predicted octanol–water partition coefficient (Wildman–Crippen LogP) is 0.984. The van der Waals surface area contributed by atoms with E-state index in [4.69, 9.17) is 0 Å². The van der Waals surface area contributed by atoms with E-state index in [1.807, 2.05) is 13.8 Å². The molecular weight excluding hydrogens is 166 g/mol. The second kappa shape index (κ2) is 3.90. The second-order valence-electron chi connectivity index (χ2n) is 4.04. The maximum Gasteiger partial charge on any atom is 0.222 e. The normalized spacial score (nSPS) is 26.8. The van der Waals surface area contributed by atoms with E-state index >= 15 is 0 Å². The zero-order valence-corrected chi connectivity index (χ0v) is 8.46. The van der Waals surface area contributed by atoms with Crippen molar-refractivity contribution in [2.45, 2.75) is 26.7 Å². The highest BCUT2D eigenvalue weighted by atomic mass is 16.2. The van der Waals surface area contributed by atoms with Crippen LogP contribution in [0, 0.1) is 17.8 Å². The molecule has 1 rings (SSSR count). The fourth-order valence-corrected chi connectivity index (χ4v) is 1.74. The van der Waals surface area contributed by atoms with Gasteiger partial charge in [-0.15, -0.1) is 0 Å². The van der Waals surface area contributed by atoms with Crippen LogP contribution in [0.5, 0.6) is 0 Å². The van der Waals surface area contributed by atoms with Gasteiger partial charge >= 0.3 is 0 Å². The molecule has 3 heteroatoms. The zero-order chi connectivity index (χ0) is 10.0. The number of rotatable bonds is 3. The second-order valence-corrected chi connectivity index (χ2v) is 4.04. The molecule has 1 amide bonds. The van der Waals surface area contributed by atoms with E-state index in [0.717, 1.165) is 12.8 Å². The maximum absolute atomic E-state index is 11.4. The van der Waals surface area contributed by atoms with E-state index in [-0.39, 0.29) is 23.7 Å². The van der Waals surface area contributed by atoms with E-state index in [2.05, 4.69) is 5.32 Å². The van der Waals surface area contributed by atoms with Gasteiger partial charge in [0.25, 0.3) is 0 Å². The molecule has 0 aromatic heterocycles. The molecule has 0 aromatic carbocycles. The van der Waals surface area contributed by atoms with E-state index in [0.29, 0.717) is 5.78 Å². The molecule has 0 radical (unpaired) electrons. The highest BCUT2D eigenvalue weighted by Crippen LogP contribution is 2.35. The summed E-state index contributed by atoms with van der Waals surface area (Å²) in [4.78, 5) is 22.6. The molecule has 0 aromatic rings. The Morgan fingerprint density at radius 3 is 2.15 bits per heavy atom. The van der Waals surface area contributed by atoms with Crippen LogP contribution in [-0.4, -0.2) is 18.7 Å². The molecule has 74 valence electrons. The van der Waals surface area contributed by atoms with Crippen LogP contribution in [0.3, 0.4) is 0 Å². The molecule has 1 saturated carbocycles. The van der Waals surface area contributed by atoms with Gasteiger partial charge in [0, 0.05) is 24.8 Å². The smallest absolute Gasteiger partial charge is 0.222 e. The fraction of sp³-hybridized carbons (Fsp3) is 0.800. The Kier molecular flexibility index (Phi) is 3.07. The minimum absolute atomic E-state index is 0.0767. The number of carbonyl (C=O) groups excluding carboxylic acids is 2. The van der Waals surface area contributed by atoms with Crippen LogP contribution >= 0.6 is 0 Å². The molecule has 1 fully saturated rings. The Labute approximate surface area is 78.9 Å². The number of nitrogens with one attached hydrogen (secondary N) is 1. The maximum atomic E-state index is 11.4. The lowest BCUT2D eigenvalue weighted by atomic mass is 9.70. The summed E-state index contributed by atoms with van der Waals surface area (Å²) in [6, 6.07) is 0. The molecule has 0 aliphatic heterocycles. The molecule has 1 N–H and O–H groups in total. The van der Waals surface area contributed by atoms with Crippen molar-refractivity contribution < 1.29 is 9.59 Å². The van der Waals surface area contributed by atoms with Crippen LogP contribution in [0.2, 0.25) is 0 Å². The lowest BCUT2D eigenvalue weighted by Crippen LogP contribution is -2.41. The van der Waals surface area contributed by atoms with Crippen LogP contribution in [0.4, 0.5) is 0 Å². The summed E-state index contributed by atoms with van der Waals surface area (Å²) in [5.41, 5.74) is 0. The quantitative estimate of drug-likeness (QED) is 0.709. The summed E-state index contributed by atoms with van der Waals surface area (Å²) in [5, 5.41) is 2.61. The topological polar surface area (TPSA) is 46.2 Å². The molecule has 13 heavy (non-hydrogen) atoms. The third-order valence-electron chi connectivity index (χ3n) is 2.73. The van der Waals surface area contributed by atoms with Crippen molar-refractivity contribution in [3.63, 3.8) is 0 Å². The Hall–Kier alpha value is -0.860. The number of ketones is 1. The average molecular weight is 183 g/mol. The van der Waals surface area contributed by atoms with Gasteiger partial charge in [-0.1, -0.05) is 13.8 Å². The fourth-order valence-electron chi connectivity index (χ4n) is 1.74. The van der Waals surface area contributed by atoms with Gasteiger partial charge in [0.05, 0.1) is 0 Å². The Bertz CT molecular complexity index is 217. The number of hydrogen-bond acceptors (Lipinski definition) is 2. The number of amides is 1. The van der Waals surface area contributed by atoms with Crippen LogP contribution in [0.25, 0.3) is 0 Å². The summed E-state index contributed by atoms with van der Waals surface area (Å²) in [5.74, 6) is 0.712. The van der Waals surface area contributed by atoms with Gasteiger partial charge in [-0.25, -0.2) is 0 Å². The first-order valence-corrected chi connectivity index (χ1v) is 4.81. The average Bonchev–Trinajstić information content (AvgIpc) is 2.00. The van der Waals surface area contributed by atoms with Gasteiger partial charge in [-0.2, -0.15) is 0 Å². The molecule has 0 saturated heterocycles. The molecule has 1 aliphatic rings. The van der Waals surface area contributed by atoms with Crippen LogP contribution in [0.15, 0.2) is 0 Å². The first kappa shape index (κ1) is 10.2. The Morgan fingerprint density at radius 2 is 1.77 bits per heavy atom. The summed E-state index contributed by atoms with van der Waals surface area (Å²) in [6.45, 7) is 3.82. The van der Waals surface area contributed by atoms with Crippen LogP contribution < -0.4 is 5.32 Å². The molecule has 0 spiro atoms. The molecular formula is C10H17NO2. The third-order valence-corrected chi connectivity index (χ3v) is 2.73. The number of Topliss-reactive ketones (excluding diaryl/α,β-unsaturated/α-hetero) is 1.